The van der Waals surface area contributed by atoms with Gasteiger partial charge in [-0.05, 0) is 53.8 Å². The predicted molar refractivity (Wildman–Crippen MR) is 178 cm³/mol. The standard InChI is InChI=1S/C31H29ClFN5O4.2C2H6/c1-36-29(38-10-9-28(40)35-31(38)41)13-34-30(36)19-5-6-20-14-37(16-22(20)11-19)15-21-7-8-24(12-23(21)17-39)42-18-25-26(32)3-2-4-27(25)33;2*1-2/h4-8,11-13,17H,2-3,9-10,14-16,18H2,1H3,(H,35,40,41);2*1-2H3. The van der Waals surface area contributed by atoms with Crippen molar-refractivity contribution in [1.82, 2.24) is 19.8 Å². The summed E-state index contributed by atoms with van der Waals surface area (Å²) >= 11 is 6.18. The Kier molecular flexibility index (Phi) is 11.9. The Hall–Kier alpha value is -4.28. The Morgan fingerprint density at radius 2 is 1.80 bits per heavy atom. The number of allylic oxidation sites excluding steroid dienone is 2. The lowest BCUT2D eigenvalue weighted by Crippen LogP contribution is -2.50. The number of nitrogens with zero attached hydrogens (tertiary/aromatic N) is 4. The molecule has 244 valence electrons. The number of carbonyl (C=O) groups excluding carboxylic acids is 3. The van der Waals surface area contributed by atoms with E-state index in [1.54, 1.807) is 18.3 Å². The molecule has 3 aliphatic rings. The van der Waals surface area contributed by atoms with Crippen LogP contribution in [0.5, 0.6) is 5.75 Å². The molecular formula is C35H41ClFN5O4. The largest absolute Gasteiger partial charge is 0.489 e. The van der Waals surface area contributed by atoms with Crippen molar-refractivity contribution < 1.29 is 23.5 Å². The molecule has 0 bridgehead atoms. The maximum atomic E-state index is 14.1. The molecule has 0 radical (unpaired) electrons. The summed E-state index contributed by atoms with van der Waals surface area (Å²) in [6.45, 7) is 10.3. The first-order valence-corrected chi connectivity index (χ1v) is 16.1. The lowest BCUT2D eigenvalue weighted by atomic mass is 10.1. The number of ether oxygens (including phenoxy) is 1. The molecule has 1 saturated heterocycles. The molecule has 1 N–H and O–H groups in total. The number of aromatic nitrogens is 2. The number of anilines is 1. The van der Waals surface area contributed by atoms with Crippen LogP contribution in [0, 0.1) is 0 Å². The summed E-state index contributed by atoms with van der Waals surface area (Å²) in [5.41, 5.74) is 5.03. The van der Waals surface area contributed by atoms with Gasteiger partial charge in [-0.25, -0.2) is 14.2 Å². The van der Waals surface area contributed by atoms with Gasteiger partial charge in [0.1, 0.15) is 29.8 Å². The van der Waals surface area contributed by atoms with Gasteiger partial charge in [0.15, 0.2) is 6.29 Å². The van der Waals surface area contributed by atoms with Gasteiger partial charge in [0, 0.05) is 61.4 Å². The molecule has 2 aliphatic heterocycles. The van der Waals surface area contributed by atoms with Crippen LogP contribution in [-0.4, -0.2) is 45.8 Å². The molecule has 1 aromatic heterocycles. The van der Waals surface area contributed by atoms with Gasteiger partial charge < -0.3 is 9.30 Å². The number of carbonyl (C=O) groups is 3. The van der Waals surface area contributed by atoms with Crippen LogP contribution in [-0.2, 0) is 31.5 Å². The molecule has 2 aromatic carbocycles. The van der Waals surface area contributed by atoms with E-state index in [0.717, 1.165) is 29.8 Å². The van der Waals surface area contributed by atoms with Gasteiger partial charge in [-0.1, -0.05) is 57.5 Å². The molecule has 9 nitrogen and oxygen atoms in total. The molecule has 0 atom stereocenters. The van der Waals surface area contributed by atoms with Crippen LogP contribution in [0.2, 0.25) is 0 Å². The zero-order valence-electron chi connectivity index (χ0n) is 27.0. The highest BCUT2D eigenvalue weighted by Crippen LogP contribution is 2.32. The highest BCUT2D eigenvalue weighted by atomic mass is 35.5. The van der Waals surface area contributed by atoms with Gasteiger partial charge >= 0.3 is 6.03 Å². The van der Waals surface area contributed by atoms with Crippen LogP contribution >= 0.6 is 11.6 Å². The number of fused-ring (bicyclic) bond motifs is 1. The SMILES string of the molecule is CC.CC.Cn1c(N2CCC(=O)NC2=O)cnc1-c1ccc2c(c1)CN(Cc1ccc(OCC3=C(Cl)CCC=C3F)cc1C=O)C2. The highest BCUT2D eigenvalue weighted by molar-refractivity contribution is 6.30. The van der Waals surface area contributed by atoms with E-state index in [9.17, 15) is 18.8 Å². The Labute approximate surface area is 274 Å². The molecule has 6 rings (SSSR count). The lowest BCUT2D eigenvalue weighted by Gasteiger charge is -2.26. The number of nitrogens with one attached hydrogen (secondary N) is 1. The van der Waals surface area contributed by atoms with Gasteiger partial charge in [0.25, 0.3) is 0 Å². The van der Waals surface area contributed by atoms with Gasteiger partial charge in [0.2, 0.25) is 5.91 Å². The van der Waals surface area contributed by atoms with Crippen LogP contribution < -0.4 is 15.0 Å². The van der Waals surface area contributed by atoms with Crippen molar-refractivity contribution in [2.45, 2.75) is 66.6 Å². The molecule has 1 fully saturated rings. The normalized spacial score (nSPS) is 16.1. The summed E-state index contributed by atoms with van der Waals surface area (Å²) < 4.78 is 21.8. The predicted octanol–water partition coefficient (Wildman–Crippen LogP) is 7.43. The van der Waals surface area contributed by atoms with E-state index in [2.05, 4.69) is 27.3 Å². The molecule has 3 aromatic rings. The number of benzene rings is 2. The van der Waals surface area contributed by atoms with Crippen molar-refractivity contribution in [3.63, 3.8) is 0 Å². The zero-order chi connectivity index (χ0) is 33.4. The van der Waals surface area contributed by atoms with Crippen LogP contribution in [0.25, 0.3) is 11.4 Å². The Morgan fingerprint density at radius 3 is 2.52 bits per heavy atom. The second-order valence-electron chi connectivity index (χ2n) is 10.6. The highest BCUT2D eigenvalue weighted by Gasteiger charge is 2.28. The lowest BCUT2D eigenvalue weighted by molar-refractivity contribution is -0.120. The first-order valence-electron chi connectivity index (χ1n) is 15.7. The van der Waals surface area contributed by atoms with E-state index >= 15 is 0 Å². The summed E-state index contributed by atoms with van der Waals surface area (Å²) in [6.07, 6.45) is 5.38. The number of imide groups is 1. The van der Waals surface area contributed by atoms with Crippen molar-refractivity contribution in [2.75, 3.05) is 18.1 Å². The topological polar surface area (TPSA) is 96.8 Å². The maximum absolute atomic E-state index is 14.1. The van der Waals surface area contributed by atoms with E-state index in [4.69, 9.17) is 16.3 Å². The van der Waals surface area contributed by atoms with Crippen molar-refractivity contribution >= 4 is 35.6 Å². The molecule has 0 unspecified atom stereocenters. The van der Waals surface area contributed by atoms with E-state index in [0.29, 0.717) is 60.2 Å². The number of hydrogen-bond acceptors (Lipinski definition) is 6. The third-order valence-electron chi connectivity index (χ3n) is 7.87. The average molecular weight is 650 g/mol. The summed E-state index contributed by atoms with van der Waals surface area (Å²) in [7, 11) is 1.85. The van der Waals surface area contributed by atoms with Gasteiger partial charge in [-0.2, -0.15) is 0 Å². The number of rotatable bonds is 8. The van der Waals surface area contributed by atoms with Crippen LogP contribution in [0.1, 0.15) is 74.0 Å². The van der Waals surface area contributed by atoms with E-state index in [-0.39, 0.29) is 24.8 Å². The number of imidazole rings is 1. The van der Waals surface area contributed by atoms with Crippen molar-refractivity contribution in [3.8, 4) is 17.1 Å². The summed E-state index contributed by atoms with van der Waals surface area (Å²) in [5, 5.41) is 2.81. The van der Waals surface area contributed by atoms with E-state index < -0.39 is 6.03 Å². The molecule has 1 aliphatic carbocycles. The second-order valence-corrected chi connectivity index (χ2v) is 11.1. The smallest absolute Gasteiger partial charge is 0.329 e. The van der Waals surface area contributed by atoms with Gasteiger partial charge in [-0.15, -0.1) is 0 Å². The van der Waals surface area contributed by atoms with Crippen LogP contribution in [0.4, 0.5) is 15.0 Å². The fourth-order valence-corrected chi connectivity index (χ4v) is 5.86. The number of urea groups is 1. The van der Waals surface area contributed by atoms with E-state index in [1.165, 1.54) is 22.1 Å². The summed E-state index contributed by atoms with van der Waals surface area (Å²) in [6, 6.07) is 11.1. The number of aldehydes is 1. The Morgan fingerprint density at radius 1 is 1.04 bits per heavy atom. The molecule has 3 heterocycles. The fraction of sp³-hybridized carbons (Fsp3) is 0.371. The third-order valence-corrected chi connectivity index (χ3v) is 8.29. The minimum atomic E-state index is -0.447. The molecular weight excluding hydrogens is 609 g/mol. The molecule has 46 heavy (non-hydrogen) atoms. The first kappa shape index (κ1) is 34.6. The van der Waals surface area contributed by atoms with Crippen LogP contribution in [0.15, 0.2) is 65.1 Å². The molecule has 0 saturated carbocycles. The van der Waals surface area contributed by atoms with Crippen molar-refractivity contribution in [3.05, 3.63) is 87.4 Å². The second kappa shape index (κ2) is 15.8. The first-order chi connectivity index (χ1) is 22.3. The Balaban J connectivity index is 0.00000116. The zero-order valence-corrected chi connectivity index (χ0v) is 27.8. The maximum Gasteiger partial charge on any atom is 0.329 e. The average Bonchev–Trinajstić information content (AvgIpc) is 3.65. The number of halogens is 2. The summed E-state index contributed by atoms with van der Waals surface area (Å²) in [5.74, 6) is 1.18. The fourth-order valence-electron chi connectivity index (χ4n) is 5.61. The minimum Gasteiger partial charge on any atom is -0.489 e. The quantitative estimate of drug-likeness (QED) is 0.255. The van der Waals surface area contributed by atoms with Gasteiger partial charge in [0.05, 0.1) is 6.20 Å². The van der Waals surface area contributed by atoms with Crippen LogP contribution in [0.3, 0.4) is 0 Å². The van der Waals surface area contributed by atoms with Crippen molar-refractivity contribution in [2.24, 2.45) is 7.05 Å². The summed E-state index contributed by atoms with van der Waals surface area (Å²) in [4.78, 5) is 44.1. The Bertz CT molecular complexity index is 1660. The molecule has 3 amide bonds. The third kappa shape index (κ3) is 7.57. The monoisotopic (exact) mass is 649 g/mol. The number of hydrogen-bond donors (Lipinski definition) is 1. The molecule has 11 heteroatoms. The molecule has 0 spiro atoms. The van der Waals surface area contributed by atoms with Gasteiger partial charge in [-0.3, -0.25) is 24.7 Å². The van der Waals surface area contributed by atoms with E-state index in [1.807, 2.05) is 51.4 Å². The van der Waals surface area contributed by atoms with Crippen molar-refractivity contribution in [1.29, 1.82) is 0 Å². The number of amides is 3. The minimum absolute atomic E-state index is 0.00493.